The number of urea groups is 1. The van der Waals surface area contributed by atoms with Gasteiger partial charge in [0.2, 0.25) is 0 Å². The van der Waals surface area contributed by atoms with Crippen LogP contribution in [0, 0.1) is 12.5 Å². The fourth-order valence-corrected chi connectivity index (χ4v) is 0.842. The average Bonchev–Trinajstić information content (AvgIpc) is 2.07. The number of hydrogen-bond acceptors (Lipinski definition) is 1. The van der Waals surface area contributed by atoms with Crippen LogP contribution >= 0.6 is 0 Å². The summed E-state index contributed by atoms with van der Waals surface area (Å²) >= 11 is 0. The minimum Gasteiger partial charge on any atom is -0.350 e. The molecular weight excluding hydrogens is 152 g/mol. The van der Waals surface area contributed by atoms with Gasteiger partial charge in [-0.1, -0.05) is 24.6 Å². The Bertz CT molecular complexity index is 313. The SMILES string of the molecule is C#CN(C(N)=O)c1ccccc1. The number of terminal acetylenes is 1. The van der Waals surface area contributed by atoms with Crippen molar-refractivity contribution in [3.8, 4) is 12.5 Å². The maximum atomic E-state index is 10.7. The summed E-state index contributed by atoms with van der Waals surface area (Å²) in [6.07, 6.45) is 5.08. The molecule has 2 N–H and O–H groups in total. The van der Waals surface area contributed by atoms with E-state index in [1.54, 1.807) is 24.3 Å². The van der Waals surface area contributed by atoms with Crippen LogP contribution in [-0.4, -0.2) is 6.03 Å². The Morgan fingerprint density at radius 2 is 2.00 bits per heavy atom. The number of rotatable bonds is 1. The minimum absolute atomic E-state index is 0.604. The van der Waals surface area contributed by atoms with Gasteiger partial charge >= 0.3 is 6.03 Å². The maximum Gasteiger partial charge on any atom is 0.331 e. The van der Waals surface area contributed by atoms with Crippen LogP contribution in [0.2, 0.25) is 0 Å². The van der Waals surface area contributed by atoms with E-state index in [1.165, 1.54) is 0 Å². The fourth-order valence-electron chi connectivity index (χ4n) is 0.842. The topological polar surface area (TPSA) is 46.3 Å². The van der Waals surface area contributed by atoms with Gasteiger partial charge in [0.05, 0.1) is 5.69 Å². The van der Waals surface area contributed by atoms with Crippen molar-refractivity contribution >= 4 is 11.7 Å². The summed E-state index contributed by atoms with van der Waals surface area (Å²) in [5.41, 5.74) is 5.63. The zero-order valence-electron chi connectivity index (χ0n) is 6.40. The van der Waals surface area contributed by atoms with Crippen LogP contribution in [0.3, 0.4) is 0 Å². The fraction of sp³-hybridized carbons (Fsp3) is 0. The molecule has 0 aliphatic carbocycles. The largest absolute Gasteiger partial charge is 0.350 e. The van der Waals surface area contributed by atoms with E-state index in [9.17, 15) is 4.79 Å². The number of primary amides is 1. The van der Waals surface area contributed by atoms with Gasteiger partial charge in [-0.3, -0.25) is 0 Å². The lowest BCUT2D eigenvalue weighted by atomic mass is 10.3. The van der Waals surface area contributed by atoms with Crippen molar-refractivity contribution in [2.75, 3.05) is 4.90 Å². The van der Waals surface area contributed by atoms with Gasteiger partial charge in [0.25, 0.3) is 0 Å². The first-order chi connectivity index (χ1) is 5.75. The monoisotopic (exact) mass is 160 g/mol. The second-order valence-corrected chi connectivity index (χ2v) is 2.14. The third kappa shape index (κ3) is 1.55. The molecule has 3 heteroatoms. The van der Waals surface area contributed by atoms with Crippen LogP contribution in [0.15, 0.2) is 30.3 Å². The summed E-state index contributed by atoms with van der Waals surface area (Å²) in [5.74, 6) is 0. The molecule has 0 radical (unpaired) electrons. The standard InChI is InChI=1S/C9H8N2O/c1-2-11(9(10)12)8-6-4-3-5-7-8/h1,3-7H,(H2,10,12). The molecule has 0 saturated heterocycles. The van der Waals surface area contributed by atoms with Crippen molar-refractivity contribution < 1.29 is 4.79 Å². The predicted octanol–water partition coefficient (Wildman–Crippen LogP) is 1.16. The molecule has 1 aromatic carbocycles. The minimum atomic E-state index is -0.649. The normalized spacial score (nSPS) is 8.58. The molecule has 0 fully saturated rings. The summed E-state index contributed by atoms with van der Waals surface area (Å²) in [4.78, 5) is 11.8. The molecule has 0 aromatic heterocycles. The number of carbonyl (C=O) groups excluding carboxylic acids is 1. The molecule has 2 amide bonds. The number of nitrogens with two attached hydrogens (primary N) is 1. The average molecular weight is 160 g/mol. The lowest BCUT2D eigenvalue weighted by molar-refractivity contribution is 0.256. The van der Waals surface area contributed by atoms with Crippen LogP contribution in [0.5, 0.6) is 0 Å². The molecule has 0 bridgehead atoms. The first-order valence-electron chi connectivity index (χ1n) is 3.36. The van der Waals surface area contributed by atoms with Gasteiger partial charge in [-0.05, 0) is 12.1 Å². The molecule has 1 aromatic rings. The Labute approximate surface area is 70.8 Å². The molecule has 0 saturated carbocycles. The Morgan fingerprint density at radius 1 is 1.42 bits per heavy atom. The van der Waals surface area contributed by atoms with Crippen molar-refractivity contribution in [3.05, 3.63) is 30.3 Å². The summed E-state index contributed by atoms with van der Waals surface area (Å²) in [7, 11) is 0. The number of benzene rings is 1. The van der Waals surface area contributed by atoms with Crippen molar-refractivity contribution in [1.29, 1.82) is 0 Å². The van der Waals surface area contributed by atoms with E-state index in [4.69, 9.17) is 12.2 Å². The third-order valence-electron chi connectivity index (χ3n) is 1.36. The van der Waals surface area contributed by atoms with Gasteiger partial charge in [0.15, 0.2) is 0 Å². The van der Waals surface area contributed by atoms with Gasteiger partial charge in [-0.15, -0.1) is 0 Å². The molecule has 0 heterocycles. The van der Waals surface area contributed by atoms with Crippen molar-refractivity contribution in [2.24, 2.45) is 5.73 Å². The van der Waals surface area contributed by atoms with E-state index in [1.807, 2.05) is 6.07 Å². The molecule has 0 atom stereocenters. The number of carbonyl (C=O) groups is 1. The summed E-state index contributed by atoms with van der Waals surface area (Å²) < 4.78 is 0. The van der Waals surface area contributed by atoms with Crippen LogP contribution in [0.1, 0.15) is 0 Å². The summed E-state index contributed by atoms with van der Waals surface area (Å²) in [5, 5.41) is 0. The van der Waals surface area contributed by atoms with Crippen LogP contribution in [0.25, 0.3) is 0 Å². The van der Waals surface area contributed by atoms with E-state index < -0.39 is 6.03 Å². The molecule has 0 aliphatic heterocycles. The van der Waals surface area contributed by atoms with E-state index in [0.717, 1.165) is 4.90 Å². The number of anilines is 1. The second-order valence-electron chi connectivity index (χ2n) is 2.14. The second kappa shape index (κ2) is 3.44. The van der Waals surface area contributed by atoms with Gasteiger partial charge in [-0.2, -0.15) is 0 Å². The molecule has 60 valence electrons. The first-order valence-corrected chi connectivity index (χ1v) is 3.36. The van der Waals surface area contributed by atoms with Gasteiger partial charge in [0, 0.05) is 6.04 Å². The Hall–Kier alpha value is -1.95. The third-order valence-corrected chi connectivity index (χ3v) is 1.36. The highest BCUT2D eigenvalue weighted by Crippen LogP contribution is 2.10. The highest BCUT2D eigenvalue weighted by molar-refractivity contribution is 5.93. The molecule has 0 spiro atoms. The number of hydrogen-bond donors (Lipinski definition) is 1. The zero-order chi connectivity index (χ0) is 8.97. The van der Waals surface area contributed by atoms with Crippen molar-refractivity contribution in [1.82, 2.24) is 0 Å². The summed E-state index contributed by atoms with van der Waals surface area (Å²) in [6.45, 7) is 0. The molecule has 1 rings (SSSR count). The molecule has 12 heavy (non-hydrogen) atoms. The van der Waals surface area contributed by atoms with Crippen LogP contribution < -0.4 is 10.6 Å². The number of para-hydroxylation sites is 1. The van der Waals surface area contributed by atoms with Crippen LogP contribution in [-0.2, 0) is 0 Å². The zero-order valence-corrected chi connectivity index (χ0v) is 6.40. The smallest absolute Gasteiger partial charge is 0.331 e. The Kier molecular flexibility index (Phi) is 2.34. The predicted molar refractivity (Wildman–Crippen MR) is 47.3 cm³/mol. The van der Waals surface area contributed by atoms with E-state index in [0.29, 0.717) is 5.69 Å². The lowest BCUT2D eigenvalue weighted by Gasteiger charge is -2.11. The Balaban J connectivity index is 2.98. The van der Waals surface area contributed by atoms with Crippen molar-refractivity contribution in [2.45, 2.75) is 0 Å². The summed E-state index contributed by atoms with van der Waals surface area (Å²) in [6, 6.07) is 10.3. The van der Waals surface area contributed by atoms with Gasteiger partial charge < -0.3 is 5.73 Å². The maximum absolute atomic E-state index is 10.7. The molecule has 0 unspecified atom stereocenters. The first kappa shape index (κ1) is 8.15. The van der Waals surface area contributed by atoms with E-state index >= 15 is 0 Å². The molecule has 0 aliphatic rings. The van der Waals surface area contributed by atoms with Crippen molar-refractivity contribution in [3.63, 3.8) is 0 Å². The van der Waals surface area contributed by atoms with E-state index in [2.05, 4.69) is 6.04 Å². The van der Waals surface area contributed by atoms with Gasteiger partial charge in [-0.25, -0.2) is 9.69 Å². The highest BCUT2D eigenvalue weighted by Gasteiger charge is 2.06. The van der Waals surface area contributed by atoms with E-state index in [-0.39, 0.29) is 0 Å². The van der Waals surface area contributed by atoms with Crippen LogP contribution in [0.4, 0.5) is 10.5 Å². The highest BCUT2D eigenvalue weighted by atomic mass is 16.2. The lowest BCUT2D eigenvalue weighted by Crippen LogP contribution is -2.31. The molecular formula is C9H8N2O. The van der Waals surface area contributed by atoms with Gasteiger partial charge in [0.1, 0.15) is 0 Å². The number of amides is 2. The quantitative estimate of drug-likeness (QED) is 0.486. The Morgan fingerprint density at radius 3 is 2.42 bits per heavy atom. The number of nitrogens with zero attached hydrogens (tertiary/aromatic N) is 1. The molecule has 3 nitrogen and oxygen atoms in total.